The topological polar surface area (TPSA) is 75.3 Å². The molecule has 0 saturated carbocycles. The van der Waals surface area contributed by atoms with Gasteiger partial charge in [-0.05, 0) is 36.4 Å². The lowest BCUT2D eigenvalue weighted by molar-refractivity contribution is -0.123. The smallest absolute Gasteiger partial charge is 0.262 e. The largest absolute Gasteiger partial charge is 0.326 e. The summed E-state index contributed by atoms with van der Waals surface area (Å²) in [6.07, 6.45) is 0. The van der Waals surface area contributed by atoms with Gasteiger partial charge in [0.05, 0.1) is 10.6 Å². The lowest BCUT2D eigenvalue weighted by Gasteiger charge is -2.18. The average molecular weight is 368 g/mol. The van der Waals surface area contributed by atoms with E-state index in [-0.39, 0.29) is 11.6 Å². The van der Waals surface area contributed by atoms with Crippen molar-refractivity contribution >= 4 is 27.3 Å². The molecule has 0 saturated heterocycles. The highest BCUT2D eigenvalue weighted by Gasteiger charge is 2.21. The van der Waals surface area contributed by atoms with Gasteiger partial charge in [0.25, 0.3) is 10.0 Å². The number of rotatable bonds is 4. The normalized spacial score (nSPS) is 11.9. The third kappa shape index (κ3) is 4.76. The summed E-state index contributed by atoms with van der Waals surface area (Å²) in [5.74, 6) is -2.62. The molecule has 2 rings (SSSR count). The molecule has 0 bridgehead atoms. The lowest BCUT2D eigenvalue weighted by Crippen LogP contribution is -2.27. The van der Waals surface area contributed by atoms with Crippen LogP contribution in [0.3, 0.4) is 0 Å². The second-order valence-electron chi connectivity index (χ2n) is 6.47. The molecule has 0 fully saturated rings. The summed E-state index contributed by atoms with van der Waals surface area (Å²) < 4.78 is 53.0. The molecule has 0 aliphatic heterocycles. The molecule has 2 aromatic carbocycles. The number of amides is 1. The molecule has 0 aromatic heterocycles. The third-order valence-corrected chi connectivity index (χ3v) is 4.63. The molecule has 2 aromatic rings. The van der Waals surface area contributed by atoms with Gasteiger partial charge in [-0.15, -0.1) is 0 Å². The summed E-state index contributed by atoms with van der Waals surface area (Å²) in [5, 5.41) is 2.68. The SMILES string of the molecule is CC(C)(C)C(=O)Nc1cccc(NS(=O)(=O)c2ccc(F)c(F)c2)c1. The van der Waals surface area contributed by atoms with Gasteiger partial charge in [0.2, 0.25) is 5.91 Å². The minimum atomic E-state index is -4.10. The standard InChI is InChI=1S/C17H18F2N2O3S/c1-17(2,3)16(22)20-11-5-4-6-12(9-11)21-25(23,24)13-7-8-14(18)15(19)10-13/h4-10,21H,1-3H3,(H,20,22). The number of sulfonamides is 1. The summed E-state index contributed by atoms with van der Waals surface area (Å²) in [5.41, 5.74) is -0.0249. The predicted molar refractivity (Wildman–Crippen MR) is 91.7 cm³/mol. The lowest BCUT2D eigenvalue weighted by atomic mass is 9.95. The van der Waals surface area contributed by atoms with Crippen LogP contribution in [0.4, 0.5) is 20.2 Å². The molecule has 134 valence electrons. The number of nitrogens with one attached hydrogen (secondary N) is 2. The summed E-state index contributed by atoms with van der Waals surface area (Å²) >= 11 is 0. The molecule has 0 aliphatic rings. The van der Waals surface area contributed by atoms with E-state index >= 15 is 0 Å². The van der Waals surface area contributed by atoms with E-state index in [1.54, 1.807) is 32.9 Å². The monoisotopic (exact) mass is 368 g/mol. The van der Waals surface area contributed by atoms with Gasteiger partial charge in [0.1, 0.15) is 0 Å². The van der Waals surface area contributed by atoms with Crippen LogP contribution < -0.4 is 10.0 Å². The predicted octanol–water partition coefficient (Wildman–Crippen LogP) is 3.75. The maximum absolute atomic E-state index is 13.3. The highest BCUT2D eigenvalue weighted by atomic mass is 32.2. The maximum Gasteiger partial charge on any atom is 0.262 e. The first-order valence-electron chi connectivity index (χ1n) is 7.38. The highest BCUT2D eigenvalue weighted by Crippen LogP contribution is 2.22. The highest BCUT2D eigenvalue weighted by molar-refractivity contribution is 7.92. The van der Waals surface area contributed by atoms with Gasteiger partial charge in [-0.3, -0.25) is 9.52 Å². The van der Waals surface area contributed by atoms with E-state index in [9.17, 15) is 22.0 Å². The average Bonchev–Trinajstić information content (AvgIpc) is 2.48. The molecule has 0 spiro atoms. The quantitative estimate of drug-likeness (QED) is 0.863. The summed E-state index contributed by atoms with van der Waals surface area (Å²) in [6.45, 7) is 5.24. The number of benzene rings is 2. The maximum atomic E-state index is 13.3. The van der Waals surface area contributed by atoms with E-state index in [0.29, 0.717) is 11.8 Å². The van der Waals surface area contributed by atoms with Crippen molar-refractivity contribution in [1.29, 1.82) is 0 Å². The first-order chi connectivity index (χ1) is 11.5. The summed E-state index contributed by atoms with van der Waals surface area (Å²) in [7, 11) is -4.10. The van der Waals surface area contributed by atoms with E-state index in [0.717, 1.165) is 12.1 Å². The van der Waals surface area contributed by atoms with Crippen LogP contribution >= 0.6 is 0 Å². The summed E-state index contributed by atoms with van der Waals surface area (Å²) in [6, 6.07) is 8.38. The van der Waals surface area contributed by atoms with Crippen LogP contribution in [0, 0.1) is 17.0 Å². The number of hydrogen-bond donors (Lipinski definition) is 2. The van der Waals surface area contributed by atoms with E-state index in [2.05, 4.69) is 10.0 Å². The van der Waals surface area contributed by atoms with Gasteiger partial charge in [0, 0.05) is 11.1 Å². The van der Waals surface area contributed by atoms with Crippen LogP contribution in [0.25, 0.3) is 0 Å². The van der Waals surface area contributed by atoms with E-state index in [1.165, 1.54) is 12.1 Å². The molecule has 0 unspecified atom stereocenters. The molecule has 5 nitrogen and oxygen atoms in total. The Morgan fingerprint density at radius 2 is 1.60 bits per heavy atom. The van der Waals surface area contributed by atoms with Crippen LogP contribution in [0.5, 0.6) is 0 Å². The summed E-state index contributed by atoms with van der Waals surface area (Å²) in [4.78, 5) is 11.6. The molecule has 2 N–H and O–H groups in total. The van der Waals surface area contributed by atoms with Crippen molar-refractivity contribution in [3.8, 4) is 0 Å². The first-order valence-corrected chi connectivity index (χ1v) is 8.87. The van der Waals surface area contributed by atoms with Crippen molar-refractivity contribution in [3.63, 3.8) is 0 Å². The number of carbonyl (C=O) groups excluding carboxylic acids is 1. The van der Waals surface area contributed by atoms with Crippen molar-refractivity contribution < 1.29 is 22.0 Å². The Morgan fingerprint density at radius 3 is 2.20 bits per heavy atom. The number of halogens is 2. The van der Waals surface area contributed by atoms with Crippen LogP contribution in [0.2, 0.25) is 0 Å². The molecular formula is C17H18F2N2O3S. The fourth-order valence-corrected chi connectivity index (χ4v) is 2.90. The second kappa shape index (κ2) is 6.79. The Balaban J connectivity index is 2.23. The molecule has 25 heavy (non-hydrogen) atoms. The Kier molecular flexibility index (Phi) is 5.12. The fraction of sp³-hybridized carbons (Fsp3) is 0.235. The van der Waals surface area contributed by atoms with Crippen LogP contribution in [0.15, 0.2) is 47.4 Å². The minimum Gasteiger partial charge on any atom is -0.326 e. The van der Waals surface area contributed by atoms with Gasteiger partial charge in [-0.25, -0.2) is 17.2 Å². The number of hydrogen-bond acceptors (Lipinski definition) is 3. The van der Waals surface area contributed by atoms with Crippen molar-refractivity contribution in [2.75, 3.05) is 10.0 Å². The zero-order chi connectivity index (χ0) is 18.8. The molecule has 0 heterocycles. The Morgan fingerprint density at radius 1 is 0.960 bits per heavy atom. The molecular weight excluding hydrogens is 350 g/mol. The Bertz CT molecular complexity index is 906. The van der Waals surface area contributed by atoms with E-state index in [4.69, 9.17) is 0 Å². The van der Waals surface area contributed by atoms with Crippen molar-refractivity contribution in [3.05, 3.63) is 54.1 Å². The molecule has 0 atom stereocenters. The molecule has 8 heteroatoms. The molecule has 0 radical (unpaired) electrons. The van der Waals surface area contributed by atoms with Crippen LogP contribution in [-0.4, -0.2) is 14.3 Å². The van der Waals surface area contributed by atoms with Crippen molar-refractivity contribution in [1.82, 2.24) is 0 Å². The van der Waals surface area contributed by atoms with E-state index < -0.39 is 32.0 Å². The van der Waals surface area contributed by atoms with Crippen LogP contribution in [0.1, 0.15) is 20.8 Å². The zero-order valence-corrected chi connectivity index (χ0v) is 14.7. The van der Waals surface area contributed by atoms with Gasteiger partial charge in [-0.1, -0.05) is 26.8 Å². The number of carbonyl (C=O) groups is 1. The van der Waals surface area contributed by atoms with Gasteiger partial charge in [-0.2, -0.15) is 0 Å². The Hall–Kier alpha value is -2.48. The van der Waals surface area contributed by atoms with E-state index in [1.807, 2.05) is 0 Å². The Labute approximate surface area is 145 Å². The van der Waals surface area contributed by atoms with Crippen molar-refractivity contribution in [2.45, 2.75) is 25.7 Å². The molecule has 0 aliphatic carbocycles. The van der Waals surface area contributed by atoms with Crippen molar-refractivity contribution in [2.24, 2.45) is 5.41 Å². The first kappa shape index (κ1) is 18.9. The second-order valence-corrected chi connectivity index (χ2v) is 8.15. The fourth-order valence-electron chi connectivity index (χ4n) is 1.84. The minimum absolute atomic E-state index is 0.177. The number of anilines is 2. The molecule has 1 amide bonds. The van der Waals surface area contributed by atoms with Crippen LogP contribution in [-0.2, 0) is 14.8 Å². The van der Waals surface area contributed by atoms with Gasteiger partial charge < -0.3 is 5.32 Å². The zero-order valence-electron chi connectivity index (χ0n) is 13.9. The van der Waals surface area contributed by atoms with Gasteiger partial charge in [0.15, 0.2) is 11.6 Å². The van der Waals surface area contributed by atoms with Gasteiger partial charge >= 0.3 is 0 Å². The third-order valence-electron chi connectivity index (χ3n) is 3.26.